The molecule has 3 rings (SSSR count). The van der Waals surface area contributed by atoms with E-state index in [1.807, 2.05) is 67.6 Å². The molecule has 0 spiro atoms. The Balaban J connectivity index is 1.66. The van der Waals surface area contributed by atoms with Crippen molar-refractivity contribution in [3.05, 3.63) is 107 Å². The summed E-state index contributed by atoms with van der Waals surface area (Å²) >= 11 is 0. The summed E-state index contributed by atoms with van der Waals surface area (Å²) in [5.74, 6) is -3.02. The lowest BCUT2D eigenvalue weighted by Crippen LogP contribution is -2.43. The number of halogens is 2. The Morgan fingerprint density at radius 3 is 1.97 bits per heavy atom. The van der Waals surface area contributed by atoms with E-state index >= 15 is 0 Å². The van der Waals surface area contributed by atoms with Crippen molar-refractivity contribution >= 4 is 11.8 Å². The molecule has 154 valence electrons. The fourth-order valence-electron chi connectivity index (χ4n) is 3.41. The number of rotatable bonds is 7. The molecule has 0 saturated carbocycles. The second kappa shape index (κ2) is 9.78. The summed E-state index contributed by atoms with van der Waals surface area (Å²) in [5, 5.41) is 5.27. The third-order valence-corrected chi connectivity index (χ3v) is 4.79. The van der Waals surface area contributed by atoms with E-state index in [2.05, 4.69) is 10.6 Å². The lowest BCUT2D eigenvalue weighted by molar-refractivity contribution is -0.120. The molecule has 4 nitrogen and oxygen atoms in total. The van der Waals surface area contributed by atoms with Crippen LogP contribution in [0.3, 0.4) is 0 Å². The lowest BCUT2D eigenvalue weighted by Gasteiger charge is -2.26. The van der Waals surface area contributed by atoms with Gasteiger partial charge in [0.05, 0.1) is 12.1 Å². The van der Waals surface area contributed by atoms with Crippen molar-refractivity contribution in [2.75, 3.05) is 6.54 Å². The van der Waals surface area contributed by atoms with Crippen molar-refractivity contribution in [3.8, 4) is 0 Å². The number of nitrogens with one attached hydrogen (secondary N) is 2. The maximum Gasteiger partial charge on any atom is 0.254 e. The van der Waals surface area contributed by atoms with E-state index in [9.17, 15) is 18.4 Å². The number of carbonyl (C=O) groups is 2. The SMILES string of the molecule is CC(NC(=O)CNC(=O)c1ccc(F)cc1F)C(c1ccccc1)c1ccccc1. The zero-order valence-corrected chi connectivity index (χ0v) is 16.4. The van der Waals surface area contributed by atoms with Gasteiger partial charge in [0.2, 0.25) is 5.91 Å². The molecule has 0 heterocycles. The Hall–Kier alpha value is -3.54. The molecule has 2 amide bonds. The van der Waals surface area contributed by atoms with Gasteiger partial charge in [-0.15, -0.1) is 0 Å². The molecule has 6 heteroatoms. The summed E-state index contributed by atoms with van der Waals surface area (Å²) in [6.45, 7) is 1.57. The smallest absolute Gasteiger partial charge is 0.254 e. The molecule has 1 unspecified atom stereocenters. The fourth-order valence-corrected chi connectivity index (χ4v) is 3.41. The maximum atomic E-state index is 13.7. The van der Waals surface area contributed by atoms with Gasteiger partial charge in [-0.3, -0.25) is 9.59 Å². The minimum Gasteiger partial charge on any atom is -0.351 e. The summed E-state index contributed by atoms with van der Waals surface area (Å²) in [6.07, 6.45) is 0. The van der Waals surface area contributed by atoms with Gasteiger partial charge in [-0.2, -0.15) is 0 Å². The molecule has 0 radical (unpaired) electrons. The topological polar surface area (TPSA) is 58.2 Å². The van der Waals surface area contributed by atoms with E-state index in [0.29, 0.717) is 6.07 Å². The highest BCUT2D eigenvalue weighted by Gasteiger charge is 2.23. The molecular formula is C24H22F2N2O2. The highest BCUT2D eigenvalue weighted by atomic mass is 19.1. The highest BCUT2D eigenvalue weighted by Crippen LogP contribution is 2.27. The quantitative estimate of drug-likeness (QED) is 0.620. The molecule has 0 aromatic heterocycles. The Morgan fingerprint density at radius 2 is 1.43 bits per heavy atom. The molecule has 3 aromatic carbocycles. The van der Waals surface area contributed by atoms with Crippen molar-refractivity contribution in [1.29, 1.82) is 0 Å². The van der Waals surface area contributed by atoms with E-state index in [4.69, 9.17) is 0 Å². The van der Waals surface area contributed by atoms with Crippen LogP contribution in [0.1, 0.15) is 34.3 Å². The normalized spacial score (nSPS) is 11.7. The number of carbonyl (C=O) groups excluding carboxylic acids is 2. The molecule has 0 saturated heterocycles. The van der Waals surface area contributed by atoms with Crippen LogP contribution in [0.25, 0.3) is 0 Å². The molecule has 1 atom stereocenters. The van der Waals surface area contributed by atoms with Crippen LogP contribution in [0.4, 0.5) is 8.78 Å². The molecule has 30 heavy (non-hydrogen) atoms. The molecule has 0 aliphatic carbocycles. The van der Waals surface area contributed by atoms with Gasteiger partial charge in [0.15, 0.2) is 0 Å². The standard InChI is InChI=1S/C24H22F2N2O2/c1-16(23(17-8-4-2-5-9-17)18-10-6-3-7-11-18)28-22(29)15-27-24(30)20-13-12-19(25)14-21(20)26/h2-14,16,23H,15H2,1H3,(H,27,30)(H,28,29). The van der Waals surface area contributed by atoms with Crippen LogP contribution in [-0.2, 0) is 4.79 Å². The van der Waals surface area contributed by atoms with Crippen LogP contribution in [0.2, 0.25) is 0 Å². The van der Waals surface area contributed by atoms with Crippen molar-refractivity contribution < 1.29 is 18.4 Å². The van der Waals surface area contributed by atoms with E-state index < -0.39 is 23.4 Å². The van der Waals surface area contributed by atoms with Gasteiger partial charge in [0, 0.05) is 18.0 Å². The van der Waals surface area contributed by atoms with Gasteiger partial charge in [-0.05, 0) is 30.2 Å². The largest absolute Gasteiger partial charge is 0.351 e. The minimum absolute atomic E-state index is 0.0819. The van der Waals surface area contributed by atoms with Crippen LogP contribution in [0, 0.1) is 11.6 Å². The summed E-state index contributed by atoms with van der Waals surface area (Å²) in [7, 11) is 0. The Labute approximate surface area is 173 Å². The van der Waals surface area contributed by atoms with Crippen molar-refractivity contribution in [1.82, 2.24) is 10.6 Å². The summed E-state index contributed by atoms with van der Waals surface area (Å²) < 4.78 is 26.7. The number of hydrogen-bond acceptors (Lipinski definition) is 2. The van der Waals surface area contributed by atoms with Crippen LogP contribution in [-0.4, -0.2) is 24.4 Å². The van der Waals surface area contributed by atoms with Crippen molar-refractivity contribution in [2.45, 2.75) is 18.9 Å². The van der Waals surface area contributed by atoms with Crippen LogP contribution >= 0.6 is 0 Å². The van der Waals surface area contributed by atoms with Gasteiger partial charge in [-0.25, -0.2) is 8.78 Å². The highest BCUT2D eigenvalue weighted by molar-refractivity contribution is 5.96. The molecule has 0 fully saturated rings. The van der Waals surface area contributed by atoms with Crippen molar-refractivity contribution in [3.63, 3.8) is 0 Å². The Bertz CT molecular complexity index is 971. The number of hydrogen-bond donors (Lipinski definition) is 2. The predicted molar refractivity (Wildman–Crippen MR) is 111 cm³/mol. The molecular weight excluding hydrogens is 386 g/mol. The maximum absolute atomic E-state index is 13.7. The molecule has 3 aromatic rings. The second-order valence-electron chi connectivity index (χ2n) is 6.96. The molecule has 0 aliphatic heterocycles. The van der Waals surface area contributed by atoms with E-state index in [1.165, 1.54) is 0 Å². The van der Waals surface area contributed by atoms with Gasteiger partial charge in [0.1, 0.15) is 11.6 Å². The summed E-state index contributed by atoms with van der Waals surface area (Å²) in [6, 6.07) is 22.0. The van der Waals surface area contributed by atoms with Crippen LogP contribution < -0.4 is 10.6 Å². The summed E-state index contributed by atoms with van der Waals surface area (Å²) in [4.78, 5) is 24.5. The third kappa shape index (κ3) is 5.29. The first-order chi connectivity index (χ1) is 14.5. The first kappa shape index (κ1) is 21.2. The summed E-state index contributed by atoms with van der Waals surface area (Å²) in [5.41, 5.74) is 1.78. The average molecular weight is 408 g/mol. The Morgan fingerprint density at radius 1 is 0.867 bits per heavy atom. The molecule has 2 N–H and O–H groups in total. The first-order valence-electron chi connectivity index (χ1n) is 9.58. The average Bonchev–Trinajstić information content (AvgIpc) is 2.74. The number of benzene rings is 3. The van der Waals surface area contributed by atoms with E-state index in [1.54, 1.807) is 0 Å². The zero-order chi connectivity index (χ0) is 21.5. The Kier molecular flexibility index (Phi) is 6.91. The second-order valence-corrected chi connectivity index (χ2v) is 6.96. The lowest BCUT2D eigenvalue weighted by atomic mass is 9.86. The molecule has 0 aliphatic rings. The van der Waals surface area contributed by atoms with Gasteiger partial charge in [0.25, 0.3) is 5.91 Å². The van der Waals surface area contributed by atoms with Gasteiger partial charge < -0.3 is 10.6 Å². The molecule has 0 bridgehead atoms. The van der Waals surface area contributed by atoms with Gasteiger partial charge in [-0.1, -0.05) is 60.7 Å². The van der Waals surface area contributed by atoms with E-state index in [-0.39, 0.29) is 24.1 Å². The van der Waals surface area contributed by atoms with Crippen molar-refractivity contribution in [2.24, 2.45) is 0 Å². The van der Waals surface area contributed by atoms with Gasteiger partial charge >= 0.3 is 0 Å². The fraction of sp³-hybridized carbons (Fsp3) is 0.167. The zero-order valence-electron chi connectivity index (χ0n) is 16.4. The van der Waals surface area contributed by atoms with E-state index in [0.717, 1.165) is 23.3 Å². The minimum atomic E-state index is -0.977. The van der Waals surface area contributed by atoms with Crippen LogP contribution in [0.5, 0.6) is 0 Å². The third-order valence-electron chi connectivity index (χ3n) is 4.79. The predicted octanol–water partition coefficient (Wildman–Crippen LogP) is 4.03. The monoisotopic (exact) mass is 408 g/mol. The first-order valence-corrected chi connectivity index (χ1v) is 9.58. The van der Waals surface area contributed by atoms with Crippen LogP contribution in [0.15, 0.2) is 78.9 Å². The number of amides is 2.